The molecule has 1 atom stereocenters. The quantitative estimate of drug-likeness (QED) is 0.624. The van der Waals surface area contributed by atoms with Gasteiger partial charge in [-0.3, -0.25) is 4.79 Å². The molecule has 1 rings (SSSR count). The van der Waals surface area contributed by atoms with Gasteiger partial charge < -0.3 is 10.6 Å². The van der Waals surface area contributed by atoms with E-state index in [1.165, 1.54) is 0 Å². The van der Waals surface area contributed by atoms with E-state index in [0.29, 0.717) is 12.6 Å². The molecule has 11 heavy (non-hydrogen) atoms. The van der Waals surface area contributed by atoms with E-state index < -0.39 is 0 Å². The first-order valence-electron chi connectivity index (χ1n) is 3.82. The van der Waals surface area contributed by atoms with Crippen LogP contribution in [0.25, 0.3) is 0 Å². The predicted molar refractivity (Wildman–Crippen MR) is 47.8 cm³/mol. The Morgan fingerprint density at radius 1 is 1.73 bits per heavy atom. The van der Waals surface area contributed by atoms with Crippen molar-refractivity contribution in [1.29, 1.82) is 0 Å². The van der Waals surface area contributed by atoms with Gasteiger partial charge in [0.25, 0.3) is 0 Å². The number of rotatable bonds is 3. The second kappa shape index (κ2) is 4.62. The number of nitrogens with one attached hydrogen (secondary N) is 2. The molecule has 64 valence electrons. The Bertz CT molecular complexity index is 130. The molecule has 3 nitrogen and oxygen atoms in total. The fourth-order valence-electron chi connectivity index (χ4n) is 1.07. The summed E-state index contributed by atoms with van der Waals surface area (Å²) in [6.45, 7) is 1.28. The highest BCUT2D eigenvalue weighted by atomic mass is 32.2. The van der Waals surface area contributed by atoms with Gasteiger partial charge in [0.15, 0.2) is 0 Å². The molecule has 0 unspecified atom stereocenters. The molecule has 1 fully saturated rings. The first-order valence-corrected chi connectivity index (χ1v) is 5.21. The van der Waals surface area contributed by atoms with Gasteiger partial charge in [0, 0.05) is 12.6 Å². The van der Waals surface area contributed by atoms with Gasteiger partial charge in [-0.2, -0.15) is 11.8 Å². The van der Waals surface area contributed by atoms with Crippen LogP contribution in [-0.4, -0.2) is 37.0 Å². The summed E-state index contributed by atoms with van der Waals surface area (Å²) in [4.78, 5) is 10.7. The number of piperazine rings is 1. The van der Waals surface area contributed by atoms with Gasteiger partial charge in [-0.25, -0.2) is 0 Å². The maximum Gasteiger partial charge on any atom is 0.234 e. The Balaban J connectivity index is 2.12. The lowest BCUT2D eigenvalue weighted by molar-refractivity contribution is -0.121. The van der Waals surface area contributed by atoms with E-state index in [-0.39, 0.29) is 5.91 Å². The zero-order valence-corrected chi connectivity index (χ0v) is 7.54. The maximum atomic E-state index is 10.7. The summed E-state index contributed by atoms with van der Waals surface area (Å²) in [7, 11) is 0. The van der Waals surface area contributed by atoms with Crippen LogP contribution < -0.4 is 10.6 Å². The fraction of sp³-hybridized carbons (Fsp3) is 0.857. The van der Waals surface area contributed by atoms with E-state index in [1.807, 2.05) is 11.8 Å². The van der Waals surface area contributed by atoms with E-state index >= 15 is 0 Å². The van der Waals surface area contributed by atoms with Crippen LogP contribution in [0.4, 0.5) is 0 Å². The molecule has 0 aliphatic carbocycles. The van der Waals surface area contributed by atoms with Crippen molar-refractivity contribution >= 4 is 17.7 Å². The lowest BCUT2D eigenvalue weighted by atomic mass is 10.2. The first kappa shape index (κ1) is 8.87. The maximum absolute atomic E-state index is 10.7. The van der Waals surface area contributed by atoms with E-state index in [2.05, 4.69) is 16.9 Å². The summed E-state index contributed by atoms with van der Waals surface area (Å²) in [5.41, 5.74) is 0. The summed E-state index contributed by atoms with van der Waals surface area (Å²) in [5, 5.41) is 6.01. The van der Waals surface area contributed by atoms with Crippen molar-refractivity contribution in [3.05, 3.63) is 0 Å². The number of hydrogen-bond donors (Lipinski definition) is 2. The SMILES string of the molecule is CSCC[C@@H]1CNC(=O)CN1. The fourth-order valence-corrected chi connectivity index (χ4v) is 1.59. The Labute approximate surface area is 71.3 Å². The Kier molecular flexibility index (Phi) is 3.72. The molecule has 1 saturated heterocycles. The molecule has 0 aromatic heterocycles. The molecule has 1 heterocycles. The number of carbonyl (C=O) groups is 1. The summed E-state index contributed by atoms with van der Waals surface area (Å²) >= 11 is 1.84. The van der Waals surface area contributed by atoms with Crippen molar-refractivity contribution in [2.75, 3.05) is 25.1 Å². The van der Waals surface area contributed by atoms with Gasteiger partial charge in [0.2, 0.25) is 5.91 Å². The van der Waals surface area contributed by atoms with Gasteiger partial charge in [-0.15, -0.1) is 0 Å². The molecule has 0 spiro atoms. The lowest BCUT2D eigenvalue weighted by Crippen LogP contribution is -2.51. The Morgan fingerprint density at radius 2 is 2.55 bits per heavy atom. The molecule has 0 aromatic rings. The van der Waals surface area contributed by atoms with E-state index in [4.69, 9.17) is 0 Å². The van der Waals surface area contributed by atoms with E-state index in [9.17, 15) is 4.79 Å². The van der Waals surface area contributed by atoms with Gasteiger partial charge >= 0.3 is 0 Å². The molecular weight excluding hydrogens is 160 g/mol. The van der Waals surface area contributed by atoms with Gasteiger partial charge in [-0.1, -0.05) is 0 Å². The molecule has 1 aliphatic heterocycles. The second-order valence-corrected chi connectivity index (χ2v) is 3.65. The van der Waals surface area contributed by atoms with Crippen molar-refractivity contribution in [3.63, 3.8) is 0 Å². The van der Waals surface area contributed by atoms with Crippen LogP contribution in [-0.2, 0) is 4.79 Å². The second-order valence-electron chi connectivity index (χ2n) is 2.66. The zero-order chi connectivity index (χ0) is 8.10. The van der Waals surface area contributed by atoms with Crippen LogP contribution in [0.2, 0.25) is 0 Å². The molecule has 0 radical (unpaired) electrons. The number of thioether (sulfide) groups is 1. The number of amides is 1. The van der Waals surface area contributed by atoms with Crippen LogP contribution in [0.1, 0.15) is 6.42 Å². The van der Waals surface area contributed by atoms with Crippen molar-refractivity contribution < 1.29 is 4.79 Å². The minimum Gasteiger partial charge on any atom is -0.353 e. The van der Waals surface area contributed by atoms with Crippen LogP contribution in [0.5, 0.6) is 0 Å². The smallest absolute Gasteiger partial charge is 0.234 e. The third-order valence-corrected chi connectivity index (χ3v) is 2.41. The summed E-state index contributed by atoms with van der Waals surface area (Å²) in [5.74, 6) is 1.28. The minimum atomic E-state index is 0.116. The van der Waals surface area contributed by atoms with Gasteiger partial charge in [-0.05, 0) is 18.4 Å². The van der Waals surface area contributed by atoms with Crippen LogP contribution in [0, 0.1) is 0 Å². The summed E-state index contributed by atoms with van der Waals surface area (Å²) < 4.78 is 0. The zero-order valence-electron chi connectivity index (χ0n) is 6.72. The Hall–Kier alpha value is -0.220. The normalized spacial score (nSPS) is 24.8. The largest absolute Gasteiger partial charge is 0.353 e. The average Bonchev–Trinajstić information content (AvgIpc) is 2.04. The molecule has 0 aromatic carbocycles. The molecule has 1 amide bonds. The van der Waals surface area contributed by atoms with E-state index in [0.717, 1.165) is 18.7 Å². The number of hydrogen-bond acceptors (Lipinski definition) is 3. The third kappa shape index (κ3) is 3.12. The summed E-state index contributed by atoms with van der Waals surface area (Å²) in [6.07, 6.45) is 3.24. The molecule has 0 saturated carbocycles. The molecule has 4 heteroatoms. The van der Waals surface area contributed by atoms with Crippen molar-refractivity contribution in [1.82, 2.24) is 10.6 Å². The molecule has 0 bridgehead atoms. The van der Waals surface area contributed by atoms with Crippen LogP contribution in [0.3, 0.4) is 0 Å². The topological polar surface area (TPSA) is 41.1 Å². The highest BCUT2D eigenvalue weighted by Crippen LogP contribution is 2.01. The van der Waals surface area contributed by atoms with Crippen molar-refractivity contribution in [2.45, 2.75) is 12.5 Å². The van der Waals surface area contributed by atoms with Crippen molar-refractivity contribution in [2.24, 2.45) is 0 Å². The molecule has 2 N–H and O–H groups in total. The van der Waals surface area contributed by atoms with Gasteiger partial charge in [0.05, 0.1) is 6.54 Å². The molecule has 1 aliphatic rings. The monoisotopic (exact) mass is 174 g/mol. The highest BCUT2D eigenvalue weighted by molar-refractivity contribution is 7.98. The van der Waals surface area contributed by atoms with Gasteiger partial charge in [0.1, 0.15) is 0 Å². The first-order chi connectivity index (χ1) is 5.33. The predicted octanol–water partition coefficient (Wildman–Crippen LogP) is -0.173. The minimum absolute atomic E-state index is 0.116. The molecular formula is C7H14N2OS. The Morgan fingerprint density at radius 3 is 3.09 bits per heavy atom. The van der Waals surface area contributed by atoms with Crippen LogP contribution in [0.15, 0.2) is 0 Å². The summed E-state index contributed by atoms with van der Waals surface area (Å²) in [6, 6.07) is 0.486. The van der Waals surface area contributed by atoms with Crippen molar-refractivity contribution in [3.8, 4) is 0 Å². The highest BCUT2D eigenvalue weighted by Gasteiger charge is 2.15. The van der Waals surface area contributed by atoms with E-state index in [1.54, 1.807) is 0 Å². The average molecular weight is 174 g/mol. The lowest BCUT2D eigenvalue weighted by Gasteiger charge is -2.23. The third-order valence-electron chi connectivity index (χ3n) is 1.77. The standard InChI is InChI=1S/C7H14N2OS/c1-11-3-2-6-4-9-7(10)5-8-6/h6,8H,2-5H2,1H3,(H,9,10)/t6-/m1/s1. The number of carbonyl (C=O) groups excluding carboxylic acids is 1. The van der Waals surface area contributed by atoms with Crippen LogP contribution >= 0.6 is 11.8 Å².